The number of carbonyl (C=O) groups excluding carboxylic acids is 1. The largest absolute Gasteiger partial charge is 0.485 e. The van der Waals surface area contributed by atoms with Crippen molar-refractivity contribution in [3.8, 4) is 11.5 Å². The van der Waals surface area contributed by atoms with E-state index in [1.54, 1.807) is 0 Å². The van der Waals surface area contributed by atoms with Crippen molar-refractivity contribution in [1.82, 2.24) is 0 Å². The summed E-state index contributed by atoms with van der Waals surface area (Å²) in [5.41, 5.74) is 3.84. The topological polar surface area (TPSA) is 35.5 Å². The summed E-state index contributed by atoms with van der Waals surface area (Å²) < 4.78 is 12.8. The Morgan fingerprint density at radius 2 is 1.90 bits per heavy atom. The molecule has 5 aliphatic rings. The summed E-state index contributed by atoms with van der Waals surface area (Å²) in [5.74, 6) is 5.16. The van der Waals surface area contributed by atoms with Gasteiger partial charge in [-0.1, -0.05) is 49.2 Å². The van der Waals surface area contributed by atoms with E-state index >= 15 is 0 Å². The van der Waals surface area contributed by atoms with Crippen LogP contribution in [0.2, 0.25) is 0 Å². The molecule has 0 amide bonds. The van der Waals surface area contributed by atoms with Gasteiger partial charge in [0.15, 0.2) is 23.4 Å². The van der Waals surface area contributed by atoms with Crippen LogP contribution in [0, 0.1) is 23.7 Å². The quantitative estimate of drug-likeness (QED) is 0.636. The third kappa shape index (κ3) is 2.61. The Kier molecular flexibility index (Phi) is 3.90. The highest BCUT2D eigenvalue weighted by atomic mass is 16.5. The van der Waals surface area contributed by atoms with Crippen molar-refractivity contribution in [3.63, 3.8) is 0 Å². The zero-order valence-corrected chi connectivity index (χ0v) is 18.0. The molecule has 0 aromatic heterocycles. The lowest BCUT2D eigenvalue weighted by Gasteiger charge is -2.56. The maximum Gasteiger partial charge on any atom is 0.174 e. The van der Waals surface area contributed by atoms with Gasteiger partial charge in [-0.05, 0) is 73.0 Å². The average Bonchev–Trinajstić information content (AvgIpc) is 3.54. The van der Waals surface area contributed by atoms with E-state index in [1.807, 2.05) is 18.2 Å². The van der Waals surface area contributed by atoms with Gasteiger partial charge in [-0.25, -0.2) is 0 Å². The Morgan fingerprint density at radius 1 is 1.03 bits per heavy atom. The molecule has 31 heavy (non-hydrogen) atoms. The fraction of sp³-hybridized carbons (Fsp3) is 0.536. The number of Topliss-reactive ketones (excluding diaryl/α,β-unsaturated/α-hetero) is 1. The van der Waals surface area contributed by atoms with Crippen molar-refractivity contribution in [2.24, 2.45) is 23.7 Å². The van der Waals surface area contributed by atoms with Gasteiger partial charge in [0.1, 0.15) is 6.61 Å². The summed E-state index contributed by atoms with van der Waals surface area (Å²) in [4.78, 5) is 13.1. The lowest BCUT2D eigenvalue weighted by Crippen LogP contribution is -2.60. The molecule has 3 nitrogen and oxygen atoms in total. The van der Waals surface area contributed by atoms with Crippen molar-refractivity contribution in [3.05, 3.63) is 59.2 Å². The second-order valence-corrected chi connectivity index (χ2v) is 10.7. The van der Waals surface area contributed by atoms with E-state index in [0.717, 1.165) is 54.1 Å². The van der Waals surface area contributed by atoms with E-state index in [0.29, 0.717) is 24.7 Å². The number of ether oxygens (including phenoxy) is 2. The molecule has 5 atom stereocenters. The van der Waals surface area contributed by atoms with Gasteiger partial charge in [-0.15, -0.1) is 0 Å². The number of ketones is 1. The Morgan fingerprint density at radius 3 is 2.74 bits per heavy atom. The highest BCUT2D eigenvalue weighted by Gasteiger charge is 2.66. The van der Waals surface area contributed by atoms with Crippen LogP contribution in [-0.4, -0.2) is 11.9 Å². The second kappa shape index (κ2) is 6.60. The predicted octanol–water partition coefficient (Wildman–Crippen LogP) is 5.63. The molecule has 2 aromatic rings. The molecule has 4 aliphatic carbocycles. The van der Waals surface area contributed by atoms with Crippen LogP contribution < -0.4 is 9.47 Å². The van der Waals surface area contributed by atoms with Gasteiger partial charge in [-0.2, -0.15) is 0 Å². The smallest absolute Gasteiger partial charge is 0.174 e. The lowest BCUT2D eigenvalue weighted by atomic mass is 9.46. The van der Waals surface area contributed by atoms with Gasteiger partial charge in [0, 0.05) is 17.4 Å². The SMILES string of the molecule is O=C1CCC2C3Cc4ccc(OCc5ccccc5)c5c4[C@]2(CC[C@@H]3CC2CC2)[C@@H]1O5. The first-order valence-corrected chi connectivity index (χ1v) is 12.3. The molecule has 1 aliphatic heterocycles. The zero-order chi connectivity index (χ0) is 20.6. The maximum atomic E-state index is 13.1. The molecular formula is C28H30O3. The summed E-state index contributed by atoms with van der Waals surface area (Å²) in [6.45, 7) is 0.525. The van der Waals surface area contributed by atoms with Crippen LogP contribution in [0.25, 0.3) is 0 Å². The third-order valence-electron chi connectivity index (χ3n) is 9.11. The van der Waals surface area contributed by atoms with Gasteiger partial charge >= 0.3 is 0 Å². The molecule has 2 aromatic carbocycles. The van der Waals surface area contributed by atoms with Crippen LogP contribution in [0.15, 0.2) is 42.5 Å². The van der Waals surface area contributed by atoms with Crippen molar-refractivity contribution < 1.29 is 14.3 Å². The Bertz CT molecular complexity index is 1040. The normalized spacial score (nSPS) is 34.8. The molecule has 0 radical (unpaired) electrons. The first kappa shape index (κ1) is 18.3. The van der Waals surface area contributed by atoms with E-state index in [4.69, 9.17) is 9.47 Å². The third-order valence-corrected chi connectivity index (χ3v) is 9.11. The number of carbonyl (C=O) groups is 1. The molecule has 3 fully saturated rings. The summed E-state index contributed by atoms with van der Waals surface area (Å²) >= 11 is 0. The van der Waals surface area contributed by atoms with Gasteiger partial charge in [0.05, 0.1) is 0 Å². The molecule has 0 saturated heterocycles. The van der Waals surface area contributed by atoms with Crippen LogP contribution >= 0.6 is 0 Å². The van der Waals surface area contributed by atoms with E-state index in [2.05, 4.69) is 24.3 Å². The fourth-order valence-electron chi connectivity index (χ4n) is 7.67. The monoisotopic (exact) mass is 414 g/mol. The molecule has 7 rings (SSSR count). The predicted molar refractivity (Wildman–Crippen MR) is 118 cm³/mol. The molecular weight excluding hydrogens is 384 g/mol. The molecule has 160 valence electrons. The highest BCUT2D eigenvalue weighted by molar-refractivity contribution is 5.89. The van der Waals surface area contributed by atoms with Crippen molar-refractivity contribution in [1.29, 1.82) is 0 Å². The van der Waals surface area contributed by atoms with E-state index in [9.17, 15) is 4.79 Å². The standard InChI is InChI=1S/C28H30O3/c29-23-10-9-22-21-15-20-8-11-24(30-16-18-4-2-1-3-5-18)26-25(20)28(22,27(23)31-26)13-12-19(21)14-17-6-7-17/h1-5,8,11,17,19,21-22,27H,6-7,9-10,12-16H2/t19-,21?,22?,27-,28-/m1/s1. The summed E-state index contributed by atoms with van der Waals surface area (Å²) in [7, 11) is 0. The molecule has 0 N–H and O–H groups in total. The van der Waals surface area contributed by atoms with Gasteiger partial charge in [0.25, 0.3) is 0 Å². The first-order chi connectivity index (χ1) is 15.2. The van der Waals surface area contributed by atoms with Crippen LogP contribution in [-0.2, 0) is 23.2 Å². The van der Waals surface area contributed by atoms with Gasteiger partial charge in [0.2, 0.25) is 0 Å². The average molecular weight is 415 g/mol. The Labute approximate surface area is 184 Å². The van der Waals surface area contributed by atoms with Crippen molar-refractivity contribution in [2.45, 2.75) is 69.5 Å². The molecule has 1 heterocycles. The first-order valence-electron chi connectivity index (χ1n) is 12.3. The summed E-state index contributed by atoms with van der Waals surface area (Å²) in [5, 5.41) is 0. The summed E-state index contributed by atoms with van der Waals surface area (Å²) in [6.07, 6.45) is 9.28. The molecule has 3 saturated carbocycles. The van der Waals surface area contributed by atoms with Gasteiger partial charge < -0.3 is 9.47 Å². The minimum atomic E-state index is -0.286. The number of hydrogen-bond acceptors (Lipinski definition) is 3. The molecule has 2 unspecified atom stereocenters. The highest BCUT2D eigenvalue weighted by Crippen LogP contribution is 2.67. The van der Waals surface area contributed by atoms with Crippen molar-refractivity contribution in [2.75, 3.05) is 0 Å². The lowest BCUT2D eigenvalue weighted by molar-refractivity contribution is -0.138. The minimum Gasteiger partial charge on any atom is -0.485 e. The minimum absolute atomic E-state index is 0.0882. The second-order valence-electron chi connectivity index (χ2n) is 10.7. The van der Waals surface area contributed by atoms with Crippen LogP contribution in [0.3, 0.4) is 0 Å². The molecule has 3 heteroatoms. The fourth-order valence-corrected chi connectivity index (χ4v) is 7.67. The van der Waals surface area contributed by atoms with Crippen LogP contribution in [0.4, 0.5) is 0 Å². The van der Waals surface area contributed by atoms with E-state index in [1.165, 1.54) is 36.8 Å². The number of hydrogen-bond donors (Lipinski definition) is 0. The molecule has 2 bridgehead atoms. The van der Waals surface area contributed by atoms with Crippen molar-refractivity contribution >= 4 is 5.78 Å². The van der Waals surface area contributed by atoms with Crippen LogP contribution in [0.1, 0.15) is 61.6 Å². The van der Waals surface area contributed by atoms with Gasteiger partial charge in [-0.3, -0.25) is 4.79 Å². The molecule has 1 spiro atoms. The van der Waals surface area contributed by atoms with E-state index < -0.39 is 0 Å². The number of benzene rings is 2. The Hall–Kier alpha value is -2.29. The Balaban J connectivity index is 1.29. The van der Waals surface area contributed by atoms with Crippen LogP contribution in [0.5, 0.6) is 11.5 Å². The van der Waals surface area contributed by atoms with E-state index in [-0.39, 0.29) is 11.5 Å². The number of rotatable bonds is 5. The zero-order valence-electron chi connectivity index (χ0n) is 18.0. The summed E-state index contributed by atoms with van der Waals surface area (Å²) in [6, 6.07) is 14.7. The maximum absolute atomic E-state index is 13.1.